The average Bonchev–Trinajstić information content (AvgIpc) is 3.17. The molecule has 0 fully saturated rings. The third-order valence-corrected chi connectivity index (χ3v) is 7.03. The molecule has 0 radical (unpaired) electrons. The number of amides is 5. The van der Waals surface area contributed by atoms with Crippen molar-refractivity contribution in [3.05, 3.63) is 126 Å². The maximum atomic E-state index is 13.2. The lowest BCUT2D eigenvalue weighted by Gasteiger charge is -2.17. The van der Waals surface area contributed by atoms with Gasteiger partial charge in [-0.2, -0.15) is 13.2 Å². The molecule has 55 heavy (non-hydrogen) atoms. The molecule has 0 saturated carbocycles. The molecule has 0 aliphatic heterocycles. The van der Waals surface area contributed by atoms with Gasteiger partial charge >= 0.3 is 6.18 Å². The number of aryl methyl sites for hydroxylation is 1. The van der Waals surface area contributed by atoms with Crippen molar-refractivity contribution in [2.75, 3.05) is 23.0 Å². The minimum absolute atomic E-state index is 0.165. The quantitative estimate of drug-likeness (QED) is 0.0741. The highest BCUT2D eigenvalue weighted by Gasteiger charge is 2.31. The van der Waals surface area contributed by atoms with Crippen molar-refractivity contribution >= 4 is 52.8 Å². The van der Waals surface area contributed by atoms with Crippen molar-refractivity contribution in [2.45, 2.75) is 60.2 Å². The van der Waals surface area contributed by atoms with Crippen LogP contribution in [0.2, 0.25) is 0 Å². The van der Waals surface area contributed by atoms with Crippen molar-refractivity contribution in [3.8, 4) is 0 Å². The topological polar surface area (TPSA) is 170 Å². The normalized spacial score (nSPS) is 11.3. The lowest BCUT2D eigenvalue weighted by atomic mass is 10.1. The van der Waals surface area contributed by atoms with Gasteiger partial charge in [0.25, 0.3) is 11.8 Å². The first-order chi connectivity index (χ1) is 26.1. The summed E-state index contributed by atoms with van der Waals surface area (Å²) in [5.41, 5.74) is 0.931. The summed E-state index contributed by atoms with van der Waals surface area (Å²) in [5.74, 6) is -2.86. The van der Waals surface area contributed by atoms with Crippen LogP contribution in [0.3, 0.4) is 0 Å². The van der Waals surface area contributed by atoms with Crippen LogP contribution in [0.4, 0.5) is 30.2 Å². The predicted molar refractivity (Wildman–Crippen MR) is 212 cm³/mol. The number of hydrogen-bond donors (Lipinski definition) is 6. The Morgan fingerprint density at radius 1 is 0.836 bits per heavy atom. The van der Waals surface area contributed by atoms with Gasteiger partial charge in [0.2, 0.25) is 17.7 Å². The molecule has 12 nitrogen and oxygen atoms in total. The second-order valence-electron chi connectivity index (χ2n) is 10.8. The van der Waals surface area contributed by atoms with Gasteiger partial charge in [-0.05, 0) is 74.0 Å². The molecule has 3 aromatic rings. The number of nitrogens with one attached hydrogen (secondary N) is 6. The zero-order chi connectivity index (χ0) is 41.7. The Bertz CT molecular complexity index is 1910. The first-order valence-electron chi connectivity index (χ1n) is 17.2. The summed E-state index contributed by atoms with van der Waals surface area (Å²) in [6.07, 6.45) is -0.985. The highest BCUT2D eigenvalue weighted by atomic mass is 19.4. The first-order valence-corrected chi connectivity index (χ1v) is 17.2. The molecule has 0 heterocycles. The third kappa shape index (κ3) is 15.6. The van der Waals surface area contributed by atoms with E-state index in [-0.39, 0.29) is 29.1 Å². The van der Waals surface area contributed by atoms with E-state index in [2.05, 4.69) is 50.1 Å². The molecule has 1 unspecified atom stereocenters. The van der Waals surface area contributed by atoms with Gasteiger partial charge in [-0.15, -0.1) is 0 Å². The number of carbonyl (C=O) groups is 5. The fourth-order valence-electron chi connectivity index (χ4n) is 4.34. The minimum atomic E-state index is -4.61. The van der Waals surface area contributed by atoms with E-state index in [1.54, 1.807) is 50.3 Å². The number of alkyl halides is 3. The van der Waals surface area contributed by atoms with E-state index in [1.807, 2.05) is 27.7 Å². The summed E-state index contributed by atoms with van der Waals surface area (Å²) in [6, 6.07) is 13.8. The summed E-state index contributed by atoms with van der Waals surface area (Å²) in [6.45, 7) is 18.5. The number of allylic oxidation sites excluding steroid dienone is 2. The lowest BCUT2D eigenvalue weighted by Crippen LogP contribution is -2.45. The Labute approximate surface area is 319 Å². The second kappa shape index (κ2) is 23.2. The van der Waals surface area contributed by atoms with Crippen molar-refractivity contribution in [3.63, 3.8) is 0 Å². The molecule has 5 amide bonds. The van der Waals surface area contributed by atoms with Gasteiger partial charge in [0.05, 0.1) is 23.9 Å². The number of carbonyl (C=O) groups excluding carboxylic acids is 5. The number of nitrogens with zero attached hydrogens (tertiary/aromatic N) is 1. The number of aliphatic imine (C=N–C) groups is 1. The van der Waals surface area contributed by atoms with Crippen LogP contribution in [0, 0.1) is 6.92 Å². The first kappa shape index (κ1) is 46.5. The molecule has 294 valence electrons. The summed E-state index contributed by atoms with van der Waals surface area (Å²) in [7, 11) is 1.41. The van der Waals surface area contributed by atoms with Crippen molar-refractivity contribution in [1.82, 2.24) is 16.0 Å². The zero-order valence-corrected chi connectivity index (χ0v) is 31.9. The standard InChI is InChI=1S/C36H36F3N7O5.2C2H6/c1-6-25(43-34(50)29-18-28(15-14-21(29)3)44-33(49)23-10-8-11-24(16-23)36(37,38)39)20-41-22(4)42-26-12-9-13-27(17-26)45-35(51)30(19-32(48)40-5)46-31(47)7-2;2*1-2/h6-18,20,30,42H,2,4,19H2,1,3,5H3,(H,40,48)(H,43,50)(H,44,49)(H,45,51)(H,46,47);2*1-2H3/b25-6+,41-20-;;. The summed E-state index contributed by atoms with van der Waals surface area (Å²) in [4.78, 5) is 66.6. The molecular formula is C40H48F3N7O5. The predicted octanol–water partition coefficient (Wildman–Crippen LogP) is 7.35. The zero-order valence-electron chi connectivity index (χ0n) is 31.9. The minimum Gasteiger partial charge on any atom is -0.359 e. The van der Waals surface area contributed by atoms with Gasteiger partial charge in [0.1, 0.15) is 11.9 Å². The van der Waals surface area contributed by atoms with Crippen LogP contribution in [-0.2, 0) is 20.6 Å². The number of anilines is 3. The summed E-state index contributed by atoms with van der Waals surface area (Å²) >= 11 is 0. The van der Waals surface area contributed by atoms with Gasteiger partial charge in [-0.1, -0.05) is 65.1 Å². The van der Waals surface area contributed by atoms with Crippen molar-refractivity contribution in [1.29, 1.82) is 0 Å². The Morgan fingerprint density at radius 3 is 2.05 bits per heavy atom. The highest BCUT2D eigenvalue weighted by molar-refractivity contribution is 6.06. The smallest absolute Gasteiger partial charge is 0.359 e. The average molecular weight is 764 g/mol. The molecule has 3 aromatic carbocycles. The Hall–Kier alpha value is -6.51. The van der Waals surface area contributed by atoms with Crippen LogP contribution < -0.4 is 31.9 Å². The van der Waals surface area contributed by atoms with Crippen molar-refractivity contribution < 1.29 is 37.1 Å². The summed E-state index contributed by atoms with van der Waals surface area (Å²) < 4.78 is 39.3. The van der Waals surface area contributed by atoms with E-state index >= 15 is 0 Å². The number of benzene rings is 3. The van der Waals surface area contributed by atoms with Crippen LogP contribution in [0.1, 0.15) is 72.9 Å². The molecule has 0 bridgehead atoms. The monoisotopic (exact) mass is 763 g/mol. The van der Waals surface area contributed by atoms with Crippen LogP contribution >= 0.6 is 0 Å². The molecule has 3 rings (SSSR count). The molecule has 0 aliphatic carbocycles. The Morgan fingerprint density at radius 2 is 1.45 bits per heavy atom. The second-order valence-corrected chi connectivity index (χ2v) is 10.8. The van der Waals surface area contributed by atoms with Gasteiger partial charge < -0.3 is 31.9 Å². The molecule has 0 aliphatic rings. The largest absolute Gasteiger partial charge is 0.416 e. The molecule has 15 heteroatoms. The highest BCUT2D eigenvalue weighted by Crippen LogP contribution is 2.30. The fraction of sp³-hybridized carbons (Fsp3) is 0.250. The number of hydrogen-bond acceptors (Lipinski definition) is 7. The molecule has 0 saturated heterocycles. The van der Waals surface area contributed by atoms with Gasteiger partial charge in [0.15, 0.2) is 0 Å². The lowest BCUT2D eigenvalue weighted by molar-refractivity contribution is -0.137. The maximum Gasteiger partial charge on any atom is 0.416 e. The molecule has 0 spiro atoms. The Balaban J connectivity index is 0.00000365. The van der Waals surface area contributed by atoms with Gasteiger partial charge in [-0.25, -0.2) is 4.99 Å². The van der Waals surface area contributed by atoms with E-state index in [4.69, 9.17) is 0 Å². The maximum absolute atomic E-state index is 13.2. The molecule has 1 atom stereocenters. The van der Waals surface area contributed by atoms with Crippen LogP contribution in [-0.4, -0.2) is 48.8 Å². The summed E-state index contributed by atoms with van der Waals surface area (Å²) in [5, 5.41) is 15.7. The van der Waals surface area contributed by atoms with E-state index in [1.165, 1.54) is 31.5 Å². The molecule has 6 N–H and O–H groups in total. The third-order valence-electron chi connectivity index (χ3n) is 7.03. The van der Waals surface area contributed by atoms with E-state index < -0.39 is 47.3 Å². The number of rotatable bonds is 14. The van der Waals surface area contributed by atoms with Crippen LogP contribution in [0.15, 0.2) is 109 Å². The van der Waals surface area contributed by atoms with Gasteiger partial charge in [-0.3, -0.25) is 24.0 Å². The van der Waals surface area contributed by atoms with Crippen LogP contribution in [0.5, 0.6) is 0 Å². The molecule has 0 aromatic heterocycles. The Kier molecular flexibility index (Phi) is 19.6. The van der Waals surface area contributed by atoms with Crippen LogP contribution in [0.25, 0.3) is 0 Å². The van der Waals surface area contributed by atoms with E-state index in [9.17, 15) is 37.1 Å². The molecular weight excluding hydrogens is 715 g/mol. The van der Waals surface area contributed by atoms with E-state index in [0.717, 1.165) is 24.3 Å². The van der Waals surface area contributed by atoms with E-state index in [0.29, 0.717) is 22.6 Å². The SMILES string of the molecule is C=CC(=O)NC(CC(=O)NC)C(=O)Nc1cccc(NC(=C)/N=C\C(=C/C)NC(=O)c2cc(NC(=O)c3cccc(C(F)(F)F)c3)ccc2C)c1.CC.CC. The van der Waals surface area contributed by atoms with Crippen molar-refractivity contribution in [2.24, 2.45) is 4.99 Å². The fourth-order valence-corrected chi connectivity index (χ4v) is 4.34. The number of halogens is 3. The van der Waals surface area contributed by atoms with Gasteiger partial charge in [0, 0.05) is 35.2 Å².